The Labute approximate surface area is 254 Å². The zero-order chi connectivity index (χ0) is 31.7. The Morgan fingerprint density at radius 1 is 1.05 bits per heavy atom. The minimum absolute atomic E-state index is 0.000150. The summed E-state index contributed by atoms with van der Waals surface area (Å²) in [7, 11) is 0. The molecule has 0 bridgehead atoms. The molecule has 3 amide bonds. The van der Waals surface area contributed by atoms with Crippen molar-refractivity contribution in [1.82, 2.24) is 15.5 Å². The molecule has 10 nitrogen and oxygen atoms in total. The van der Waals surface area contributed by atoms with E-state index in [1.54, 1.807) is 44.7 Å². The van der Waals surface area contributed by atoms with Crippen molar-refractivity contribution in [3.8, 4) is 5.75 Å². The highest BCUT2D eigenvalue weighted by Gasteiger charge is 2.42. The van der Waals surface area contributed by atoms with Gasteiger partial charge < -0.3 is 30.1 Å². The van der Waals surface area contributed by atoms with Gasteiger partial charge in [-0.15, -0.1) is 0 Å². The van der Waals surface area contributed by atoms with Gasteiger partial charge in [-0.1, -0.05) is 35.9 Å². The van der Waals surface area contributed by atoms with Crippen molar-refractivity contribution in [2.24, 2.45) is 0 Å². The molecule has 2 aromatic carbocycles. The van der Waals surface area contributed by atoms with Gasteiger partial charge in [0.05, 0.1) is 13.0 Å². The lowest BCUT2D eigenvalue weighted by molar-refractivity contribution is -0.148. The summed E-state index contributed by atoms with van der Waals surface area (Å²) in [4.78, 5) is 55.1. The van der Waals surface area contributed by atoms with E-state index in [4.69, 9.17) is 9.47 Å². The summed E-state index contributed by atoms with van der Waals surface area (Å²) >= 11 is 0. The SMILES string of the molecule is CCOC(=O)CCNC(=O)C(c1cc(C)ccc1C)N(C(=O)C(Cc1ccc(O)cc1)NC(=O)OC(C)(C)C)C1CCC1. The van der Waals surface area contributed by atoms with Crippen LogP contribution in [0, 0.1) is 13.8 Å². The highest BCUT2D eigenvalue weighted by Crippen LogP contribution is 2.35. The fourth-order valence-electron chi connectivity index (χ4n) is 4.97. The Morgan fingerprint density at radius 2 is 1.72 bits per heavy atom. The second-order valence-electron chi connectivity index (χ2n) is 12.0. The van der Waals surface area contributed by atoms with Crippen molar-refractivity contribution in [2.75, 3.05) is 13.2 Å². The fourth-order valence-corrected chi connectivity index (χ4v) is 4.97. The molecular weight excluding hydrogens is 550 g/mol. The molecule has 234 valence electrons. The summed E-state index contributed by atoms with van der Waals surface area (Å²) in [5.41, 5.74) is 2.36. The number of phenols is 1. The number of alkyl carbamates (subject to hydrolysis) is 1. The number of hydrogen-bond acceptors (Lipinski definition) is 7. The standard InChI is InChI=1S/C33H45N3O7/c1-7-42-28(38)17-18-34-30(39)29(26-19-21(2)11-12-22(26)3)36(24-9-8-10-24)31(40)27(35-32(41)43-33(4,5)6)20-23-13-15-25(37)16-14-23/h11-16,19,24,27,29,37H,7-10,17-18,20H2,1-6H3,(H,34,39)(H,35,41). The van der Waals surface area contributed by atoms with Gasteiger partial charge in [0, 0.05) is 19.0 Å². The summed E-state index contributed by atoms with van der Waals surface area (Å²) < 4.78 is 10.5. The Bertz CT molecular complexity index is 1280. The van der Waals surface area contributed by atoms with E-state index < -0.39 is 41.6 Å². The molecule has 3 rings (SSSR count). The van der Waals surface area contributed by atoms with Crippen LogP contribution in [0.3, 0.4) is 0 Å². The second kappa shape index (κ2) is 14.9. The van der Waals surface area contributed by atoms with Gasteiger partial charge in [0.15, 0.2) is 0 Å². The van der Waals surface area contributed by atoms with Crippen molar-refractivity contribution in [1.29, 1.82) is 0 Å². The summed E-state index contributed by atoms with van der Waals surface area (Å²) in [6.07, 6.45) is 1.69. The largest absolute Gasteiger partial charge is 0.508 e. The van der Waals surface area contributed by atoms with Crippen molar-refractivity contribution >= 4 is 23.9 Å². The molecule has 1 aliphatic carbocycles. The molecule has 0 aromatic heterocycles. The normalized spacial score (nSPS) is 14.6. The third-order valence-electron chi connectivity index (χ3n) is 7.28. The van der Waals surface area contributed by atoms with E-state index in [-0.39, 0.29) is 37.8 Å². The lowest BCUT2D eigenvalue weighted by Crippen LogP contribution is -2.58. The van der Waals surface area contributed by atoms with E-state index in [2.05, 4.69) is 10.6 Å². The summed E-state index contributed by atoms with van der Waals surface area (Å²) in [6, 6.07) is 9.89. The van der Waals surface area contributed by atoms with E-state index in [1.807, 2.05) is 32.0 Å². The number of nitrogens with zero attached hydrogens (tertiary/aromatic N) is 1. The Balaban J connectivity index is 2.03. The van der Waals surface area contributed by atoms with Crippen LogP contribution in [0.4, 0.5) is 4.79 Å². The first-order valence-corrected chi connectivity index (χ1v) is 14.9. The van der Waals surface area contributed by atoms with Gasteiger partial charge in [-0.25, -0.2) is 4.79 Å². The Morgan fingerprint density at radius 3 is 2.30 bits per heavy atom. The van der Waals surface area contributed by atoms with Crippen LogP contribution >= 0.6 is 0 Å². The number of carbonyl (C=O) groups is 4. The van der Waals surface area contributed by atoms with Crippen LogP contribution in [0.25, 0.3) is 0 Å². The molecule has 0 spiro atoms. The summed E-state index contributed by atoms with van der Waals surface area (Å²) in [6.45, 7) is 11.0. The number of aryl methyl sites for hydroxylation is 2. The third-order valence-corrected chi connectivity index (χ3v) is 7.28. The molecule has 2 aromatic rings. The number of carbonyl (C=O) groups excluding carboxylic acids is 4. The van der Waals surface area contributed by atoms with Crippen molar-refractivity contribution in [3.63, 3.8) is 0 Å². The van der Waals surface area contributed by atoms with Crippen molar-refractivity contribution in [2.45, 2.75) is 97.4 Å². The van der Waals surface area contributed by atoms with Gasteiger partial charge in [0.2, 0.25) is 11.8 Å². The molecule has 0 heterocycles. The van der Waals surface area contributed by atoms with Gasteiger partial charge in [-0.2, -0.15) is 0 Å². The average molecular weight is 596 g/mol. The van der Waals surface area contributed by atoms with Crippen LogP contribution < -0.4 is 10.6 Å². The highest BCUT2D eigenvalue weighted by atomic mass is 16.6. The summed E-state index contributed by atoms with van der Waals surface area (Å²) in [5.74, 6) is -1.18. The molecule has 2 atom stereocenters. The molecule has 43 heavy (non-hydrogen) atoms. The number of nitrogens with one attached hydrogen (secondary N) is 2. The first-order valence-electron chi connectivity index (χ1n) is 14.9. The predicted molar refractivity (Wildman–Crippen MR) is 162 cm³/mol. The Kier molecular flexibility index (Phi) is 11.6. The van der Waals surface area contributed by atoms with E-state index in [0.29, 0.717) is 24.0 Å². The second-order valence-corrected chi connectivity index (χ2v) is 12.0. The minimum Gasteiger partial charge on any atom is -0.508 e. The molecule has 1 aliphatic rings. The first kappa shape index (κ1) is 33.4. The van der Waals surface area contributed by atoms with E-state index >= 15 is 0 Å². The molecule has 10 heteroatoms. The molecule has 0 saturated heterocycles. The highest BCUT2D eigenvalue weighted by molar-refractivity contribution is 5.93. The van der Waals surface area contributed by atoms with Gasteiger partial charge in [0.25, 0.3) is 0 Å². The number of amides is 3. The lowest BCUT2D eigenvalue weighted by atomic mass is 9.86. The summed E-state index contributed by atoms with van der Waals surface area (Å²) in [5, 5.41) is 15.4. The number of ether oxygens (including phenoxy) is 2. The first-order chi connectivity index (χ1) is 20.3. The van der Waals surface area contributed by atoms with Crippen LogP contribution in [-0.4, -0.2) is 64.7 Å². The molecule has 0 radical (unpaired) electrons. The zero-order valence-electron chi connectivity index (χ0n) is 26.1. The maximum atomic E-state index is 14.6. The van der Waals surface area contributed by atoms with Crippen LogP contribution in [0.2, 0.25) is 0 Å². The molecule has 3 N–H and O–H groups in total. The smallest absolute Gasteiger partial charge is 0.408 e. The van der Waals surface area contributed by atoms with Gasteiger partial charge >= 0.3 is 12.1 Å². The molecular formula is C33H45N3O7. The predicted octanol–water partition coefficient (Wildman–Crippen LogP) is 4.64. The number of hydrogen-bond donors (Lipinski definition) is 3. The van der Waals surface area contributed by atoms with E-state index in [1.165, 1.54) is 12.1 Å². The molecule has 1 saturated carbocycles. The van der Waals surface area contributed by atoms with Crippen molar-refractivity contribution < 1.29 is 33.8 Å². The van der Waals surface area contributed by atoms with Gasteiger partial charge in [0.1, 0.15) is 23.4 Å². The van der Waals surface area contributed by atoms with Crippen LogP contribution in [0.5, 0.6) is 5.75 Å². The zero-order valence-corrected chi connectivity index (χ0v) is 26.1. The molecule has 1 fully saturated rings. The van der Waals surface area contributed by atoms with Gasteiger partial charge in [-0.3, -0.25) is 14.4 Å². The maximum absolute atomic E-state index is 14.6. The third kappa shape index (κ3) is 9.73. The number of rotatable bonds is 12. The molecule has 0 aliphatic heterocycles. The van der Waals surface area contributed by atoms with Crippen LogP contribution in [0.1, 0.15) is 81.7 Å². The average Bonchev–Trinajstić information content (AvgIpc) is 2.88. The van der Waals surface area contributed by atoms with Crippen LogP contribution in [-0.2, 0) is 30.3 Å². The van der Waals surface area contributed by atoms with E-state index in [9.17, 15) is 24.3 Å². The molecule has 2 unspecified atom stereocenters. The fraction of sp³-hybridized carbons (Fsp3) is 0.515. The van der Waals surface area contributed by atoms with Crippen molar-refractivity contribution in [3.05, 3.63) is 64.7 Å². The number of benzene rings is 2. The minimum atomic E-state index is -1.06. The Hall–Kier alpha value is -4.08. The number of phenolic OH excluding ortho intramolecular Hbond substituents is 1. The quantitative estimate of drug-likeness (QED) is 0.305. The number of esters is 1. The lowest BCUT2D eigenvalue weighted by Gasteiger charge is -2.44. The van der Waals surface area contributed by atoms with Crippen LogP contribution in [0.15, 0.2) is 42.5 Å². The topological polar surface area (TPSA) is 134 Å². The van der Waals surface area contributed by atoms with Gasteiger partial charge in [-0.05, 0) is 89.6 Å². The monoisotopic (exact) mass is 595 g/mol. The number of aromatic hydroxyl groups is 1. The maximum Gasteiger partial charge on any atom is 0.408 e. The van der Waals surface area contributed by atoms with E-state index in [0.717, 1.165) is 17.5 Å².